The van der Waals surface area contributed by atoms with Crippen LogP contribution in [-0.4, -0.2) is 44.0 Å². The van der Waals surface area contributed by atoms with E-state index in [2.05, 4.69) is 10.4 Å². The van der Waals surface area contributed by atoms with Gasteiger partial charge in [-0.3, -0.25) is 9.59 Å². The number of carbonyl (C=O) groups excluding carboxylic acids is 1. The molecule has 1 N–H and O–H groups in total. The standard InChI is InChI=1S/C22H24N4O4/c1-25(2)17-8-6-16(7-9-17)23-21(27)14-26-22(28)12-10-18(24-26)15-5-11-19(29-3)20(13-15)30-4/h5-13H,14H2,1-4H3,(H,23,27). The van der Waals surface area contributed by atoms with Crippen molar-refractivity contribution in [3.63, 3.8) is 0 Å². The second kappa shape index (κ2) is 9.13. The van der Waals surface area contributed by atoms with E-state index >= 15 is 0 Å². The summed E-state index contributed by atoms with van der Waals surface area (Å²) in [6.45, 7) is -0.199. The monoisotopic (exact) mass is 408 g/mol. The first kappa shape index (κ1) is 20.9. The van der Waals surface area contributed by atoms with Crippen LogP contribution in [0.2, 0.25) is 0 Å². The highest BCUT2D eigenvalue weighted by atomic mass is 16.5. The third kappa shape index (κ3) is 4.78. The van der Waals surface area contributed by atoms with E-state index in [1.54, 1.807) is 32.4 Å². The summed E-state index contributed by atoms with van der Waals surface area (Å²) < 4.78 is 11.7. The molecule has 0 fully saturated rings. The highest BCUT2D eigenvalue weighted by molar-refractivity contribution is 5.90. The third-order valence-corrected chi connectivity index (χ3v) is 4.51. The quantitative estimate of drug-likeness (QED) is 0.647. The van der Waals surface area contributed by atoms with Crippen LogP contribution < -0.4 is 25.2 Å². The summed E-state index contributed by atoms with van der Waals surface area (Å²) in [5, 5.41) is 7.12. The predicted octanol–water partition coefficient (Wildman–Crippen LogP) is 2.63. The topological polar surface area (TPSA) is 85.7 Å². The van der Waals surface area contributed by atoms with E-state index in [0.717, 1.165) is 15.9 Å². The number of nitrogens with one attached hydrogen (secondary N) is 1. The van der Waals surface area contributed by atoms with Gasteiger partial charge in [0, 0.05) is 37.1 Å². The Bertz CT molecular complexity index is 1090. The predicted molar refractivity (Wildman–Crippen MR) is 116 cm³/mol. The van der Waals surface area contributed by atoms with Gasteiger partial charge in [-0.15, -0.1) is 0 Å². The van der Waals surface area contributed by atoms with Gasteiger partial charge in [-0.05, 0) is 48.5 Å². The van der Waals surface area contributed by atoms with Crippen molar-refractivity contribution in [3.8, 4) is 22.8 Å². The molecule has 0 aliphatic carbocycles. The lowest BCUT2D eigenvalue weighted by molar-refractivity contribution is -0.117. The molecular formula is C22H24N4O4. The molecule has 0 atom stereocenters. The number of aromatic nitrogens is 2. The molecule has 0 bridgehead atoms. The smallest absolute Gasteiger partial charge is 0.267 e. The Kier molecular flexibility index (Phi) is 6.36. The molecule has 0 aliphatic rings. The largest absolute Gasteiger partial charge is 0.493 e. The van der Waals surface area contributed by atoms with E-state index in [1.165, 1.54) is 6.07 Å². The molecule has 8 nitrogen and oxygen atoms in total. The Labute approximate surface area is 174 Å². The summed E-state index contributed by atoms with van der Waals surface area (Å²) >= 11 is 0. The average molecular weight is 408 g/mol. The van der Waals surface area contributed by atoms with Gasteiger partial charge in [0.25, 0.3) is 5.56 Å². The Balaban J connectivity index is 1.78. The van der Waals surface area contributed by atoms with Crippen molar-refractivity contribution in [2.24, 2.45) is 0 Å². The van der Waals surface area contributed by atoms with Crippen LogP contribution in [-0.2, 0) is 11.3 Å². The molecule has 8 heteroatoms. The summed E-state index contributed by atoms with van der Waals surface area (Å²) in [6.07, 6.45) is 0. The number of carbonyl (C=O) groups is 1. The van der Waals surface area contributed by atoms with E-state index in [0.29, 0.717) is 22.9 Å². The molecule has 3 rings (SSSR count). The molecule has 0 saturated carbocycles. The van der Waals surface area contributed by atoms with Crippen LogP contribution in [0.5, 0.6) is 11.5 Å². The normalized spacial score (nSPS) is 10.4. The van der Waals surface area contributed by atoms with Gasteiger partial charge in [-0.25, -0.2) is 4.68 Å². The number of nitrogens with zero attached hydrogens (tertiary/aromatic N) is 3. The van der Waals surface area contributed by atoms with Crippen molar-refractivity contribution in [2.45, 2.75) is 6.54 Å². The molecule has 30 heavy (non-hydrogen) atoms. The van der Waals surface area contributed by atoms with Gasteiger partial charge in [-0.1, -0.05) is 0 Å². The Hall–Kier alpha value is -3.81. The van der Waals surface area contributed by atoms with Crippen LogP contribution in [0.25, 0.3) is 11.3 Å². The highest BCUT2D eigenvalue weighted by Gasteiger charge is 2.11. The maximum atomic E-state index is 12.4. The van der Waals surface area contributed by atoms with Gasteiger partial charge in [0.15, 0.2) is 11.5 Å². The zero-order chi connectivity index (χ0) is 21.7. The zero-order valence-corrected chi connectivity index (χ0v) is 17.4. The van der Waals surface area contributed by atoms with E-state index in [4.69, 9.17) is 9.47 Å². The second-order valence-electron chi connectivity index (χ2n) is 6.77. The molecule has 0 radical (unpaired) electrons. The van der Waals surface area contributed by atoms with Crippen LogP contribution in [0.15, 0.2) is 59.4 Å². The van der Waals surface area contributed by atoms with Crippen molar-refractivity contribution in [2.75, 3.05) is 38.5 Å². The van der Waals surface area contributed by atoms with Gasteiger partial charge in [0.2, 0.25) is 5.91 Å². The van der Waals surface area contributed by atoms with Crippen molar-refractivity contribution in [3.05, 3.63) is 65.0 Å². The molecule has 2 aromatic carbocycles. The van der Waals surface area contributed by atoms with Crippen LogP contribution in [0.1, 0.15) is 0 Å². The van der Waals surface area contributed by atoms with Gasteiger partial charge in [0.1, 0.15) is 6.54 Å². The Morgan fingerprint density at radius 1 is 1.00 bits per heavy atom. The number of benzene rings is 2. The number of hydrogen-bond acceptors (Lipinski definition) is 6. The van der Waals surface area contributed by atoms with E-state index < -0.39 is 0 Å². The molecular weight excluding hydrogens is 384 g/mol. The first-order chi connectivity index (χ1) is 14.4. The zero-order valence-electron chi connectivity index (χ0n) is 17.4. The number of amides is 1. The molecule has 1 amide bonds. The van der Waals surface area contributed by atoms with E-state index in [9.17, 15) is 9.59 Å². The lowest BCUT2D eigenvalue weighted by Gasteiger charge is -2.13. The van der Waals surface area contributed by atoms with E-state index in [-0.39, 0.29) is 18.0 Å². The molecule has 0 unspecified atom stereocenters. The van der Waals surface area contributed by atoms with Crippen LogP contribution in [0, 0.1) is 0 Å². The number of ether oxygens (including phenoxy) is 2. The minimum absolute atomic E-state index is 0.199. The number of methoxy groups -OCH3 is 2. The van der Waals surface area contributed by atoms with Crippen LogP contribution >= 0.6 is 0 Å². The summed E-state index contributed by atoms with van der Waals surface area (Å²) in [7, 11) is 6.99. The Morgan fingerprint density at radius 2 is 1.70 bits per heavy atom. The minimum atomic E-state index is -0.364. The van der Waals surface area contributed by atoms with Crippen LogP contribution in [0.3, 0.4) is 0 Å². The van der Waals surface area contributed by atoms with Crippen molar-refractivity contribution >= 4 is 17.3 Å². The molecule has 1 heterocycles. The fourth-order valence-electron chi connectivity index (χ4n) is 2.89. The number of hydrogen-bond donors (Lipinski definition) is 1. The van der Waals surface area contributed by atoms with Crippen molar-refractivity contribution in [1.29, 1.82) is 0 Å². The molecule has 3 aromatic rings. The maximum absolute atomic E-state index is 12.4. The first-order valence-corrected chi connectivity index (χ1v) is 9.29. The van der Waals surface area contributed by atoms with Crippen molar-refractivity contribution in [1.82, 2.24) is 9.78 Å². The van der Waals surface area contributed by atoms with Gasteiger partial charge in [0.05, 0.1) is 19.9 Å². The summed E-state index contributed by atoms with van der Waals surface area (Å²) in [5.74, 6) is 0.800. The van der Waals surface area contributed by atoms with E-state index in [1.807, 2.05) is 49.3 Å². The van der Waals surface area contributed by atoms with Gasteiger partial charge < -0.3 is 19.7 Å². The van der Waals surface area contributed by atoms with Gasteiger partial charge >= 0.3 is 0 Å². The summed E-state index contributed by atoms with van der Waals surface area (Å²) in [4.78, 5) is 26.6. The van der Waals surface area contributed by atoms with Gasteiger partial charge in [-0.2, -0.15) is 5.10 Å². The summed E-state index contributed by atoms with van der Waals surface area (Å²) in [5.41, 5.74) is 2.58. The molecule has 156 valence electrons. The SMILES string of the molecule is COc1ccc(-c2ccc(=O)n(CC(=O)Nc3ccc(N(C)C)cc3)n2)cc1OC. The average Bonchev–Trinajstić information content (AvgIpc) is 2.75. The third-order valence-electron chi connectivity index (χ3n) is 4.51. The number of anilines is 2. The molecule has 1 aromatic heterocycles. The minimum Gasteiger partial charge on any atom is -0.493 e. The molecule has 0 spiro atoms. The highest BCUT2D eigenvalue weighted by Crippen LogP contribution is 2.31. The first-order valence-electron chi connectivity index (χ1n) is 9.29. The maximum Gasteiger partial charge on any atom is 0.267 e. The fraction of sp³-hybridized carbons (Fsp3) is 0.227. The second-order valence-corrected chi connectivity index (χ2v) is 6.77. The number of rotatable bonds is 7. The lowest BCUT2D eigenvalue weighted by Crippen LogP contribution is -2.29. The summed E-state index contributed by atoms with van der Waals surface area (Å²) in [6, 6.07) is 15.8. The fourth-order valence-corrected chi connectivity index (χ4v) is 2.89. The van der Waals surface area contributed by atoms with Crippen LogP contribution in [0.4, 0.5) is 11.4 Å². The Morgan fingerprint density at radius 3 is 2.33 bits per heavy atom. The molecule has 0 aliphatic heterocycles. The lowest BCUT2D eigenvalue weighted by atomic mass is 10.1. The van der Waals surface area contributed by atoms with Crippen molar-refractivity contribution < 1.29 is 14.3 Å². The molecule has 0 saturated heterocycles.